The van der Waals surface area contributed by atoms with Gasteiger partial charge in [0.25, 0.3) is 0 Å². The first-order valence-corrected chi connectivity index (χ1v) is 6.98. The van der Waals surface area contributed by atoms with Gasteiger partial charge in [-0.1, -0.05) is 30.3 Å². The standard InChI is InChI=1S/C15H17ClO2/c16-14-6-12-13(11(14)7-15(12)17)9-18-8-10-4-2-1-3-5-10/h1-5,11-14H,6-9H2. The Balaban J connectivity index is 1.54. The van der Waals surface area contributed by atoms with Gasteiger partial charge in [0.15, 0.2) is 0 Å². The molecule has 0 aromatic heterocycles. The fourth-order valence-corrected chi connectivity index (χ4v) is 3.79. The van der Waals surface area contributed by atoms with Crippen LogP contribution in [-0.2, 0) is 16.1 Å². The van der Waals surface area contributed by atoms with E-state index < -0.39 is 0 Å². The minimum Gasteiger partial charge on any atom is -0.376 e. The van der Waals surface area contributed by atoms with Gasteiger partial charge in [0.1, 0.15) is 5.78 Å². The van der Waals surface area contributed by atoms with E-state index in [9.17, 15) is 4.79 Å². The first-order valence-electron chi connectivity index (χ1n) is 6.54. The van der Waals surface area contributed by atoms with Gasteiger partial charge in [0, 0.05) is 17.7 Å². The topological polar surface area (TPSA) is 26.3 Å². The molecule has 96 valence electrons. The third-order valence-corrected chi connectivity index (χ3v) is 4.78. The molecule has 2 aliphatic rings. The number of benzene rings is 1. The van der Waals surface area contributed by atoms with E-state index in [4.69, 9.17) is 16.3 Å². The summed E-state index contributed by atoms with van der Waals surface area (Å²) in [6.07, 6.45) is 1.52. The monoisotopic (exact) mass is 264 g/mol. The number of fused-ring (bicyclic) bond motifs is 2. The highest BCUT2D eigenvalue weighted by Crippen LogP contribution is 2.49. The molecule has 0 radical (unpaired) electrons. The Kier molecular flexibility index (Phi) is 3.40. The fourth-order valence-electron chi connectivity index (χ4n) is 3.32. The number of hydrogen-bond donors (Lipinski definition) is 0. The summed E-state index contributed by atoms with van der Waals surface area (Å²) in [7, 11) is 0. The van der Waals surface area contributed by atoms with Crippen LogP contribution in [0.4, 0.5) is 0 Å². The third-order valence-electron chi connectivity index (χ3n) is 4.28. The molecule has 0 aliphatic heterocycles. The average molecular weight is 265 g/mol. The number of rotatable bonds is 4. The summed E-state index contributed by atoms with van der Waals surface area (Å²) in [6, 6.07) is 10.1. The second-order valence-corrected chi connectivity index (χ2v) is 5.92. The maximum Gasteiger partial charge on any atom is 0.136 e. The summed E-state index contributed by atoms with van der Waals surface area (Å²) in [6.45, 7) is 1.29. The SMILES string of the molecule is O=C1CC2C(Cl)CC1C2COCc1ccccc1. The van der Waals surface area contributed by atoms with Gasteiger partial charge in [-0.05, 0) is 23.8 Å². The number of carbonyl (C=O) groups is 1. The van der Waals surface area contributed by atoms with Crippen molar-refractivity contribution in [1.82, 2.24) is 0 Å². The van der Waals surface area contributed by atoms with Crippen molar-refractivity contribution < 1.29 is 9.53 Å². The zero-order chi connectivity index (χ0) is 12.5. The van der Waals surface area contributed by atoms with Gasteiger partial charge in [0.2, 0.25) is 0 Å². The predicted octanol–water partition coefficient (Wildman–Crippen LogP) is 3.04. The lowest BCUT2D eigenvalue weighted by Gasteiger charge is -2.16. The summed E-state index contributed by atoms with van der Waals surface area (Å²) >= 11 is 6.26. The number of Topliss-reactive ketones (excluding diaryl/α,β-unsaturated/α-hetero) is 1. The zero-order valence-corrected chi connectivity index (χ0v) is 11.0. The van der Waals surface area contributed by atoms with E-state index in [1.54, 1.807) is 0 Å². The average Bonchev–Trinajstić information content (AvgIpc) is 2.84. The van der Waals surface area contributed by atoms with E-state index in [1.807, 2.05) is 18.2 Å². The van der Waals surface area contributed by atoms with Crippen LogP contribution in [0.2, 0.25) is 0 Å². The Hall–Kier alpha value is -0.860. The lowest BCUT2D eigenvalue weighted by Crippen LogP contribution is -2.16. The molecule has 3 rings (SSSR count). The Morgan fingerprint density at radius 1 is 1.28 bits per heavy atom. The molecule has 0 amide bonds. The first-order chi connectivity index (χ1) is 8.75. The minimum absolute atomic E-state index is 0.160. The molecule has 3 heteroatoms. The van der Waals surface area contributed by atoms with Crippen molar-refractivity contribution in [2.45, 2.75) is 24.8 Å². The second-order valence-electron chi connectivity index (χ2n) is 5.36. The Labute approximate surface area is 112 Å². The molecule has 0 spiro atoms. The van der Waals surface area contributed by atoms with Crippen molar-refractivity contribution in [1.29, 1.82) is 0 Å². The molecule has 1 aromatic rings. The highest BCUT2D eigenvalue weighted by Gasteiger charge is 2.52. The van der Waals surface area contributed by atoms with Crippen molar-refractivity contribution in [3.63, 3.8) is 0 Å². The van der Waals surface area contributed by atoms with E-state index >= 15 is 0 Å². The van der Waals surface area contributed by atoms with E-state index in [0.717, 1.165) is 6.42 Å². The van der Waals surface area contributed by atoms with Gasteiger partial charge >= 0.3 is 0 Å². The molecule has 2 fully saturated rings. The second kappa shape index (κ2) is 5.02. The Morgan fingerprint density at radius 3 is 2.72 bits per heavy atom. The molecular formula is C15H17ClO2. The smallest absolute Gasteiger partial charge is 0.136 e. The molecule has 0 heterocycles. The Bertz CT molecular complexity index is 431. The number of hydrogen-bond acceptors (Lipinski definition) is 2. The molecule has 0 saturated heterocycles. The van der Waals surface area contributed by atoms with Crippen molar-refractivity contribution in [2.24, 2.45) is 17.8 Å². The number of carbonyl (C=O) groups excluding carboxylic acids is 1. The number of ketones is 1. The summed E-state index contributed by atoms with van der Waals surface area (Å²) in [5.74, 6) is 1.25. The molecular weight excluding hydrogens is 248 g/mol. The molecule has 4 unspecified atom stereocenters. The normalized spacial score (nSPS) is 34.2. The van der Waals surface area contributed by atoms with E-state index in [0.29, 0.717) is 37.3 Å². The lowest BCUT2D eigenvalue weighted by atomic mass is 9.99. The molecule has 18 heavy (non-hydrogen) atoms. The molecule has 2 nitrogen and oxygen atoms in total. The zero-order valence-electron chi connectivity index (χ0n) is 10.2. The van der Waals surface area contributed by atoms with E-state index in [-0.39, 0.29) is 11.3 Å². The quantitative estimate of drug-likeness (QED) is 0.782. The van der Waals surface area contributed by atoms with Crippen LogP contribution in [0.3, 0.4) is 0 Å². The fraction of sp³-hybridized carbons (Fsp3) is 0.533. The number of halogens is 1. The molecule has 4 atom stereocenters. The van der Waals surface area contributed by atoms with Crippen LogP contribution in [-0.4, -0.2) is 17.8 Å². The van der Waals surface area contributed by atoms with Crippen molar-refractivity contribution in [3.05, 3.63) is 35.9 Å². The largest absolute Gasteiger partial charge is 0.376 e. The highest BCUT2D eigenvalue weighted by atomic mass is 35.5. The number of ether oxygens (including phenoxy) is 1. The van der Waals surface area contributed by atoms with Crippen LogP contribution >= 0.6 is 11.6 Å². The first kappa shape index (κ1) is 12.2. The van der Waals surface area contributed by atoms with Crippen LogP contribution in [0, 0.1) is 17.8 Å². The van der Waals surface area contributed by atoms with Crippen LogP contribution in [0.25, 0.3) is 0 Å². The maximum absolute atomic E-state index is 11.7. The van der Waals surface area contributed by atoms with Crippen LogP contribution in [0.1, 0.15) is 18.4 Å². The van der Waals surface area contributed by atoms with Gasteiger partial charge < -0.3 is 4.74 Å². The Morgan fingerprint density at radius 2 is 2.06 bits per heavy atom. The molecule has 2 saturated carbocycles. The van der Waals surface area contributed by atoms with Crippen molar-refractivity contribution in [2.75, 3.05) is 6.61 Å². The van der Waals surface area contributed by atoms with Crippen LogP contribution in [0.5, 0.6) is 0 Å². The summed E-state index contributed by atoms with van der Waals surface area (Å²) in [5, 5.41) is 0.179. The molecule has 0 N–H and O–H groups in total. The van der Waals surface area contributed by atoms with Gasteiger partial charge in [-0.25, -0.2) is 0 Å². The van der Waals surface area contributed by atoms with Gasteiger partial charge in [-0.15, -0.1) is 11.6 Å². The number of alkyl halides is 1. The van der Waals surface area contributed by atoms with E-state index in [1.165, 1.54) is 5.56 Å². The minimum atomic E-state index is 0.160. The summed E-state index contributed by atoms with van der Waals surface area (Å²) in [5.41, 5.74) is 1.18. The van der Waals surface area contributed by atoms with E-state index in [2.05, 4.69) is 12.1 Å². The van der Waals surface area contributed by atoms with Crippen LogP contribution in [0.15, 0.2) is 30.3 Å². The van der Waals surface area contributed by atoms with Crippen LogP contribution < -0.4 is 0 Å². The highest BCUT2D eigenvalue weighted by molar-refractivity contribution is 6.21. The maximum atomic E-state index is 11.7. The van der Waals surface area contributed by atoms with Gasteiger partial charge in [0.05, 0.1) is 13.2 Å². The molecule has 2 aliphatic carbocycles. The van der Waals surface area contributed by atoms with Crippen molar-refractivity contribution in [3.8, 4) is 0 Å². The van der Waals surface area contributed by atoms with Crippen molar-refractivity contribution >= 4 is 17.4 Å². The summed E-state index contributed by atoms with van der Waals surface area (Å²) in [4.78, 5) is 11.7. The predicted molar refractivity (Wildman–Crippen MR) is 70.5 cm³/mol. The lowest BCUT2D eigenvalue weighted by molar-refractivity contribution is -0.122. The third kappa shape index (κ3) is 2.19. The summed E-state index contributed by atoms with van der Waals surface area (Å²) < 4.78 is 5.77. The van der Waals surface area contributed by atoms with Gasteiger partial charge in [-0.3, -0.25) is 4.79 Å². The molecule has 2 bridgehead atoms. The molecule has 1 aromatic carbocycles. The van der Waals surface area contributed by atoms with Gasteiger partial charge in [-0.2, -0.15) is 0 Å².